The summed E-state index contributed by atoms with van der Waals surface area (Å²) < 4.78 is 18.4. The van der Waals surface area contributed by atoms with E-state index >= 15 is 0 Å². The highest BCUT2D eigenvalue weighted by atomic mass is 19.1. The molecule has 2 atom stereocenters. The molecule has 1 aliphatic rings. The molecule has 8 nitrogen and oxygen atoms in total. The van der Waals surface area contributed by atoms with Crippen LogP contribution >= 0.6 is 0 Å². The molecular weight excluding hydrogens is 377 g/mol. The molecule has 0 radical (unpaired) electrons. The fourth-order valence-corrected chi connectivity index (χ4v) is 3.19. The van der Waals surface area contributed by atoms with Crippen LogP contribution in [0.5, 0.6) is 0 Å². The zero-order valence-electron chi connectivity index (χ0n) is 15.3. The summed E-state index contributed by atoms with van der Waals surface area (Å²) in [4.78, 5) is 33.6. The van der Waals surface area contributed by atoms with Gasteiger partial charge in [0.2, 0.25) is 11.7 Å². The number of benzene rings is 2. The first-order valence-corrected chi connectivity index (χ1v) is 9.10. The minimum absolute atomic E-state index is 0.299. The van der Waals surface area contributed by atoms with E-state index in [4.69, 9.17) is 4.52 Å². The predicted octanol–water partition coefficient (Wildman–Crippen LogP) is 3.29. The number of rotatable bonds is 4. The molecule has 2 aromatic carbocycles. The molecule has 0 aliphatic heterocycles. The number of carbonyl (C=O) groups is 1. The molecule has 1 fully saturated rings. The maximum Gasteiger partial charge on any atom is 0.323 e. The molecule has 2 heterocycles. The van der Waals surface area contributed by atoms with E-state index in [1.165, 1.54) is 0 Å². The Labute approximate surface area is 163 Å². The van der Waals surface area contributed by atoms with Crippen LogP contribution in [0.1, 0.15) is 34.2 Å². The molecule has 29 heavy (non-hydrogen) atoms. The minimum atomic E-state index is -0.913. The van der Waals surface area contributed by atoms with Crippen molar-refractivity contribution in [2.24, 2.45) is 0 Å². The number of aryl methyl sites for hydroxylation is 1. The van der Waals surface area contributed by atoms with Gasteiger partial charge in [0.25, 0.3) is 5.91 Å². The molecule has 0 bridgehead atoms. The van der Waals surface area contributed by atoms with Crippen LogP contribution in [0.2, 0.25) is 0 Å². The third-order valence-electron chi connectivity index (χ3n) is 4.99. The number of anilines is 1. The van der Waals surface area contributed by atoms with Crippen LogP contribution in [-0.4, -0.2) is 32.2 Å². The van der Waals surface area contributed by atoms with Crippen LogP contribution in [0, 0.1) is 6.92 Å². The highest BCUT2D eigenvalue weighted by Crippen LogP contribution is 2.43. The van der Waals surface area contributed by atoms with Gasteiger partial charge >= 0.3 is 5.69 Å². The number of nitrogens with one attached hydrogen (secondary N) is 3. The van der Waals surface area contributed by atoms with E-state index in [1.807, 2.05) is 19.1 Å². The van der Waals surface area contributed by atoms with Crippen LogP contribution < -0.4 is 11.0 Å². The lowest BCUT2D eigenvalue weighted by atomic mass is 10.1. The summed E-state index contributed by atoms with van der Waals surface area (Å²) >= 11 is 0. The van der Waals surface area contributed by atoms with Gasteiger partial charge in [-0.1, -0.05) is 17.3 Å². The van der Waals surface area contributed by atoms with Gasteiger partial charge in [-0.3, -0.25) is 4.79 Å². The molecule has 4 aromatic rings. The largest absolute Gasteiger partial charge is 0.339 e. The maximum atomic E-state index is 13.2. The zero-order valence-corrected chi connectivity index (χ0v) is 15.3. The molecular formula is C20H16FN5O3. The minimum Gasteiger partial charge on any atom is -0.339 e. The Morgan fingerprint density at radius 1 is 1.21 bits per heavy atom. The van der Waals surface area contributed by atoms with Gasteiger partial charge in [0.15, 0.2) is 0 Å². The topological polar surface area (TPSA) is 117 Å². The average molecular weight is 393 g/mol. The first-order chi connectivity index (χ1) is 14.0. The molecule has 0 saturated heterocycles. The average Bonchev–Trinajstić information content (AvgIpc) is 3.09. The number of carbonyl (C=O) groups excluding carboxylic acids is 1. The highest BCUT2D eigenvalue weighted by Gasteiger charge is 2.43. The van der Waals surface area contributed by atoms with E-state index in [0.29, 0.717) is 46.0 Å². The number of hydrogen-bond donors (Lipinski definition) is 3. The number of halogens is 1. The van der Waals surface area contributed by atoms with Crippen molar-refractivity contribution >= 4 is 22.6 Å². The summed E-state index contributed by atoms with van der Waals surface area (Å²) in [5, 5.41) is 6.79. The lowest BCUT2D eigenvalue weighted by Crippen LogP contribution is -2.12. The van der Waals surface area contributed by atoms with Gasteiger partial charge in [-0.2, -0.15) is 4.98 Å². The second-order valence-corrected chi connectivity index (χ2v) is 7.14. The summed E-state index contributed by atoms with van der Waals surface area (Å²) in [6.45, 7) is 1.87. The third kappa shape index (κ3) is 3.20. The third-order valence-corrected chi connectivity index (χ3v) is 4.99. The Balaban J connectivity index is 1.41. The lowest BCUT2D eigenvalue weighted by Gasteiger charge is -2.10. The number of nitrogens with zero attached hydrogens (tertiary/aromatic N) is 2. The van der Waals surface area contributed by atoms with Crippen molar-refractivity contribution < 1.29 is 13.7 Å². The molecule has 1 amide bonds. The number of H-pyrrole nitrogens is 2. The molecule has 1 aliphatic carbocycles. The molecule has 0 unspecified atom stereocenters. The monoisotopic (exact) mass is 393 g/mol. The molecule has 3 N–H and O–H groups in total. The molecule has 1 saturated carbocycles. The summed E-state index contributed by atoms with van der Waals surface area (Å²) in [7, 11) is 0. The number of hydrogen-bond acceptors (Lipinski definition) is 5. The van der Waals surface area contributed by atoms with Crippen molar-refractivity contribution in [3.05, 3.63) is 63.9 Å². The van der Waals surface area contributed by atoms with Crippen molar-refractivity contribution in [2.75, 3.05) is 5.32 Å². The number of amides is 1. The fraction of sp³-hybridized carbons (Fsp3) is 0.200. The van der Waals surface area contributed by atoms with Crippen molar-refractivity contribution in [1.29, 1.82) is 0 Å². The second-order valence-electron chi connectivity index (χ2n) is 7.14. The Bertz CT molecular complexity index is 1300. The van der Waals surface area contributed by atoms with Gasteiger partial charge in [0.1, 0.15) is 6.17 Å². The van der Waals surface area contributed by atoms with E-state index in [9.17, 15) is 14.0 Å². The first kappa shape index (κ1) is 17.4. The standard InChI is InChI=1S/C20H16FN5O3/c1-9-2-3-10(17-25-19(29-26-17)12-8-13(12)21)6-15(9)22-18(27)11-4-5-14-16(7-11)24-20(28)23-14/h2-7,12-13H,8H2,1H3,(H,22,27)(H2,23,24,28)/t12-,13-/m0/s1. The maximum absolute atomic E-state index is 13.2. The summed E-state index contributed by atoms with van der Waals surface area (Å²) in [6.07, 6.45) is -0.503. The van der Waals surface area contributed by atoms with E-state index in [-0.39, 0.29) is 17.5 Å². The van der Waals surface area contributed by atoms with Crippen molar-refractivity contribution in [3.8, 4) is 11.4 Å². The predicted molar refractivity (Wildman–Crippen MR) is 104 cm³/mol. The summed E-state index contributed by atoms with van der Waals surface area (Å²) in [5.74, 6) is 0.0188. The van der Waals surface area contributed by atoms with Crippen LogP contribution in [0.25, 0.3) is 22.4 Å². The normalized spacial score (nSPS) is 18.1. The number of aromatic nitrogens is 4. The fourth-order valence-electron chi connectivity index (χ4n) is 3.19. The van der Waals surface area contributed by atoms with Crippen LogP contribution in [0.3, 0.4) is 0 Å². The van der Waals surface area contributed by atoms with E-state index in [0.717, 1.165) is 5.56 Å². The highest BCUT2D eigenvalue weighted by molar-refractivity contribution is 6.06. The van der Waals surface area contributed by atoms with Crippen molar-refractivity contribution in [3.63, 3.8) is 0 Å². The van der Waals surface area contributed by atoms with Gasteiger partial charge in [0, 0.05) is 16.8 Å². The molecule has 9 heteroatoms. The Morgan fingerprint density at radius 3 is 2.79 bits per heavy atom. The quantitative estimate of drug-likeness (QED) is 0.492. The summed E-state index contributed by atoms with van der Waals surface area (Å²) in [5.41, 5.74) is 3.36. The van der Waals surface area contributed by atoms with Crippen molar-refractivity contribution in [1.82, 2.24) is 20.1 Å². The Kier molecular flexibility index (Phi) is 3.83. The molecule has 2 aromatic heterocycles. The van der Waals surface area contributed by atoms with Gasteiger partial charge in [-0.25, -0.2) is 9.18 Å². The van der Waals surface area contributed by atoms with Gasteiger partial charge in [0.05, 0.1) is 17.0 Å². The van der Waals surface area contributed by atoms with E-state index in [2.05, 4.69) is 25.4 Å². The number of imidazole rings is 1. The second kappa shape index (κ2) is 6.40. The SMILES string of the molecule is Cc1ccc(-c2noc([C@H]3C[C@@H]3F)n2)cc1NC(=O)c1ccc2[nH]c(=O)[nH]c2c1. The van der Waals surface area contributed by atoms with Crippen molar-refractivity contribution in [2.45, 2.75) is 25.4 Å². The van der Waals surface area contributed by atoms with Crippen LogP contribution in [0.4, 0.5) is 10.1 Å². The number of aromatic amines is 2. The van der Waals surface area contributed by atoms with Gasteiger partial charge in [-0.05, 0) is 43.2 Å². The number of fused-ring (bicyclic) bond motifs is 1. The van der Waals surface area contributed by atoms with Gasteiger partial charge in [-0.15, -0.1) is 0 Å². The molecule has 5 rings (SSSR count). The van der Waals surface area contributed by atoms with Crippen LogP contribution in [-0.2, 0) is 0 Å². The zero-order chi connectivity index (χ0) is 20.1. The molecule has 0 spiro atoms. The summed E-state index contributed by atoms with van der Waals surface area (Å²) in [6, 6.07) is 10.3. The van der Waals surface area contributed by atoms with E-state index < -0.39 is 6.17 Å². The smallest absolute Gasteiger partial charge is 0.323 e. The molecule has 146 valence electrons. The Hall–Kier alpha value is -3.75. The lowest BCUT2D eigenvalue weighted by molar-refractivity contribution is 0.102. The number of alkyl halides is 1. The first-order valence-electron chi connectivity index (χ1n) is 9.10. The van der Waals surface area contributed by atoms with Gasteiger partial charge < -0.3 is 19.8 Å². The van der Waals surface area contributed by atoms with E-state index in [1.54, 1.807) is 24.3 Å². The Morgan fingerprint density at radius 2 is 2.00 bits per heavy atom. The van der Waals surface area contributed by atoms with Crippen LogP contribution in [0.15, 0.2) is 45.7 Å².